The van der Waals surface area contributed by atoms with Crippen LogP contribution in [-0.4, -0.2) is 11.0 Å². The Balaban J connectivity index is 1.49. The summed E-state index contributed by atoms with van der Waals surface area (Å²) in [5, 5.41) is 6.08. The molecule has 2 amide bonds. The van der Waals surface area contributed by atoms with Crippen LogP contribution in [0.15, 0.2) is 41.9 Å². The number of thiazole rings is 1. The largest absolute Gasteiger partial charge is 0.331 e. The summed E-state index contributed by atoms with van der Waals surface area (Å²) in [6.45, 7) is 6.68. The number of aromatic nitrogens is 1. The molecule has 1 atom stereocenters. The SMILES string of the molecule is CC(C)(C)c1ccc2c(c1)CC[C@H]2NC(=O)Nc1cccc2scnc12. The number of nitrogens with zero attached hydrogens (tertiary/aromatic N) is 1. The van der Waals surface area contributed by atoms with Crippen molar-refractivity contribution < 1.29 is 4.79 Å². The molecule has 2 N–H and O–H groups in total. The normalized spacial score (nSPS) is 16.5. The fraction of sp³-hybridized carbons (Fsp3) is 0.333. The predicted molar refractivity (Wildman–Crippen MR) is 108 cm³/mol. The second-order valence-corrected chi connectivity index (χ2v) is 8.74. The summed E-state index contributed by atoms with van der Waals surface area (Å²) in [6.07, 6.45) is 1.95. The zero-order valence-corrected chi connectivity index (χ0v) is 16.1. The molecule has 1 aliphatic carbocycles. The number of benzene rings is 2. The number of urea groups is 1. The molecule has 1 aliphatic rings. The molecule has 1 aromatic heterocycles. The lowest BCUT2D eigenvalue weighted by atomic mass is 9.85. The number of hydrogen-bond donors (Lipinski definition) is 2. The molecular formula is C21H23N3OS. The molecule has 1 heterocycles. The van der Waals surface area contributed by atoms with Crippen molar-refractivity contribution in [1.82, 2.24) is 10.3 Å². The number of nitrogens with one attached hydrogen (secondary N) is 2. The van der Waals surface area contributed by atoms with E-state index in [-0.39, 0.29) is 17.5 Å². The molecule has 0 radical (unpaired) electrons. The molecule has 4 rings (SSSR count). The monoisotopic (exact) mass is 365 g/mol. The van der Waals surface area contributed by atoms with Gasteiger partial charge in [-0.25, -0.2) is 9.78 Å². The molecule has 26 heavy (non-hydrogen) atoms. The minimum atomic E-state index is -0.178. The third-order valence-electron chi connectivity index (χ3n) is 5.00. The Labute approximate surface area is 157 Å². The van der Waals surface area contributed by atoms with Gasteiger partial charge in [-0.2, -0.15) is 0 Å². The molecule has 0 saturated heterocycles. The summed E-state index contributed by atoms with van der Waals surface area (Å²) in [4.78, 5) is 16.9. The average molecular weight is 366 g/mol. The van der Waals surface area contributed by atoms with Crippen molar-refractivity contribution in [2.75, 3.05) is 5.32 Å². The smallest absolute Gasteiger partial charge is 0.319 e. The molecule has 0 bridgehead atoms. The first-order chi connectivity index (χ1) is 12.4. The van der Waals surface area contributed by atoms with Crippen molar-refractivity contribution in [2.45, 2.75) is 45.1 Å². The minimum absolute atomic E-state index is 0.0636. The van der Waals surface area contributed by atoms with E-state index in [4.69, 9.17) is 0 Å². The summed E-state index contributed by atoms with van der Waals surface area (Å²) in [5.41, 5.74) is 7.47. The van der Waals surface area contributed by atoms with Gasteiger partial charge >= 0.3 is 6.03 Å². The summed E-state index contributed by atoms with van der Waals surface area (Å²) < 4.78 is 1.07. The standard InChI is InChI=1S/C21H23N3OS/c1-21(2,3)14-8-9-15-13(11-14)7-10-16(15)23-20(25)24-17-5-4-6-18-19(17)22-12-26-18/h4-6,8-9,11-12,16H,7,10H2,1-3H3,(H2,23,24,25)/t16-/m1/s1. The number of carbonyl (C=O) groups excluding carboxylic acids is 1. The minimum Gasteiger partial charge on any atom is -0.331 e. The van der Waals surface area contributed by atoms with Gasteiger partial charge in [0.1, 0.15) is 5.52 Å². The number of amides is 2. The van der Waals surface area contributed by atoms with Gasteiger partial charge < -0.3 is 10.6 Å². The van der Waals surface area contributed by atoms with E-state index in [0.717, 1.165) is 28.7 Å². The molecule has 4 nitrogen and oxygen atoms in total. The van der Waals surface area contributed by atoms with Crippen molar-refractivity contribution in [3.05, 3.63) is 58.6 Å². The van der Waals surface area contributed by atoms with E-state index in [1.165, 1.54) is 16.7 Å². The Kier molecular flexibility index (Phi) is 4.19. The number of para-hydroxylation sites is 1. The number of rotatable bonds is 2. The van der Waals surface area contributed by atoms with E-state index < -0.39 is 0 Å². The van der Waals surface area contributed by atoms with E-state index >= 15 is 0 Å². The quantitative estimate of drug-likeness (QED) is 0.638. The Hall–Kier alpha value is -2.40. The van der Waals surface area contributed by atoms with Crippen molar-refractivity contribution in [3.63, 3.8) is 0 Å². The van der Waals surface area contributed by atoms with Crippen molar-refractivity contribution in [3.8, 4) is 0 Å². The first-order valence-electron chi connectivity index (χ1n) is 8.95. The molecule has 0 fully saturated rings. The van der Waals surface area contributed by atoms with Crippen LogP contribution in [0.25, 0.3) is 10.2 Å². The van der Waals surface area contributed by atoms with Crippen LogP contribution in [0.1, 0.15) is 49.9 Å². The van der Waals surface area contributed by atoms with E-state index in [1.807, 2.05) is 18.2 Å². The van der Waals surface area contributed by atoms with Gasteiger partial charge in [-0.3, -0.25) is 0 Å². The van der Waals surface area contributed by atoms with E-state index in [2.05, 4.69) is 54.6 Å². The first kappa shape index (κ1) is 17.0. The Morgan fingerprint density at radius 3 is 2.88 bits per heavy atom. The van der Waals surface area contributed by atoms with Gasteiger partial charge in [0.15, 0.2) is 0 Å². The maximum atomic E-state index is 12.5. The molecule has 5 heteroatoms. The van der Waals surface area contributed by atoms with Crippen molar-refractivity contribution >= 4 is 33.3 Å². The zero-order valence-electron chi connectivity index (χ0n) is 15.3. The first-order valence-corrected chi connectivity index (χ1v) is 9.83. The lowest BCUT2D eigenvalue weighted by molar-refractivity contribution is 0.248. The highest BCUT2D eigenvalue weighted by molar-refractivity contribution is 7.16. The van der Waals surface area contributed by atoms with Gasteiger partial charge in [0.2, 0.25) is 0 Å². The average Bonchev–Trinajstić information content (AvgIpc) is 3.21. The maximum absolute atomic E-state index is 12.5. The van der Waals surface area contributed by atoms with Crippen LogP contribution < -0.4 is 10.6 Å². The second kappa shape index (κ2) is 6.40. The summed E-state index contributed by atoms with van der Waals surface area (Å²) >= 11 is 1.57. The number of fused-ring (bicyclic) bond motifs is 2. The number of carbonyl (C=O) groups is 1. The fourth-order valence-corrected chi connectivity index (χ4v) is 4.24. The Morgan fingerprint density at radius 2 is 2.08 bits per heavy atom. The van der Waals surface area contributed by atoms with Gasteiger partial charge in [0.25, 0.3) is 0 Å². The lowest BCUT2D eigenvalue weighted by Gasteiger charge is -2.21. The van der Waals surface area contributed by atoms with E-state index in [9.17, 15) is 4.79 Å². The van der Waals surface area contributed by atoms with E-state index in [0.29, 0.717) is 0 Å². The molecular weight excluding hydrogens is 342 g/mol. The molecule has 0 saturated carbocycles. The highest BCUT2D eigenvalue weighted by Crippen LogP contribution is 2.34. The van der Waals surface area contributed by atoms with Gasteiger partial charge in [-0.15, -0.1) is 11.3 Å². The zero-order chi connectivity index (χ0) is 18.3. The van der Waals surface area contributed by atoms with Crippen LogP contribution >= 0.6 is 11.3 Å². The van der Waals surface area contributed by atoms with Gasteiger partial charge in [-0.05, 0) is 47.1 Å². The third-order valence-corrected chi connectivity index (χ3v) is 5.79. The molecule has 134 valence electrons. The van der Waals surface area contributed by atoms with Crippen LogP contribution in [-0.2, 0) is 11.8 Å². The molecule has 3 aromatic rings. The van der Waals surface area contributed by atoms with Crippen LogP contribution in [0.4, 0.5) is 10.5 Å². The molecule has 2 aromatic carbocycles. The summed E-state index contributed by atoms with van der Waals surface area (Å²) in [6, 6.07) is 12.4. The second-order valence-electron chi connectivity index (χ2n) is 7.86. The van der Waals surface area contributed by atoms with Crippen LogP contribution in [0, 0.1) is 0 Å². The fourth-order valence-electron chi connectivity index (χ4n) is 3.54. The third kappa shape index (κ3) is 3.19. The summed E-state index contributed by atoms with van der Waals surface area (Å²) in [5.74, 6) is 0. The number of aryl methyl sites for hydroxylation is 1. The maximum Gasteiger partial charge on any atom is 0.319 e. The Morgan fingerprint density at radius 1 is 1.23 bits per heavy atom. The predicted octanol–water partition coefficient (Wildman–Crippen LogP) is 5.40. The van der Waals surface area contributed by atoms with E-state index in [1.54, 1.807) is 16.8 Å². The Bertz CT molecular complexity index is 971. The highest BCUT2D eigenvalue weighted by atomic mass is 32.1. The number of hydrogen-bond acceptors (Lipinski definition) is 3. The van der Waals surface area contributed by atoms with Crippen molar-refractivity contribution in [1.29, 1.82) is 0 Å². The van der Waals surface area contributed by atoms with Crippen LogP contribution in [0.2, 0.25) is 0 Å². The highest BCUT2D eigenvalue weighted by Gasteiger charge is 2.26. The van der Waals surface area contributed by atoms with Gasteiger partial charge in [0.05, 0.1) is 21.9 Å². The molecule has 0 aliphatic heterocycles. The molecule has 0 spiro atoms. The molecule has 0 unspecified atom stereocenters. The lowest BCUT2D eigenvalue weighted by Crippen LogP contribution is -2.31. The van der Waals surface area contributed by atoms with Gasteiger partial charge in [0, 0.05) is 0 Å². The van der Waals surface area contributed by atoms with Crippen molar-refractivity contribution in [2.24, 2.45) is 0 Å². The van der Waals surface area contributed by atoms with Gasteiger partial charge in [-0.1, -0.05) is 45.0 Å². The van der Waals surface area contributed by atoms with Crippen LogP contribution in [0.3, 0.4) is 0 Å². The summed E-state index contributed by atoms with van der Waals surface area (Å²) in [7, 11) is 0. The number of anilines is 1. The topological polar surface area (TPSA) is 54.0 Å². The van der Waals surface area contributed by atoms with Crippen LogP contribution in [0.5, 0.6) is 0 Å².